The van der Waals surface area contributed by atoms with Gasteiger partial charge in [-0.3, -0.25) is 4.98 Å². The Labute approximate surface area is 58.1 Å². The van der Waals surface area contributed by atoms with E-state index in [0.29, 0.717) is 10.0 Å². The Kier molecular flexibility index (Phi) is 1.65. The van der Waals surface area contributed by atoms with Gasteiger partial charge in [-0.1, -0.05) is 16.6 Å². The first-order valence-corrected chi connectivity index (χ1v) is 2.87. The SMILES string of the molecule is [S-]c1ncccc1Cl. The Morgan fingerprint density at radius 3 is 2.75 bits per heavy atom. The third-order valence-electron chi connectivity index (χ3n) is 0.725. The summed E-state index contributed by atoms with van der Waals surface area (Å²) >= 11 is 10.3. The van der Waals surface area contributed by atoms with Gasteiger partial charge in [0.2, 0.25) is 0 Å². The molecular formula is C5H3ClNS-. The van der Waals surface area contributed by atoms with Crippen LogP contribution in [-0.2, 0) is 12.6 Å². The molecule has 42 valence electrons. The number of rotatable bonds is 0. The highest BCUT2D eigenvalue weighted by Crippen LogP contribution is 2.09. The largest absolute Gasteiger partial charge is 0.759 e. The van der Waals surface area contributed by atoms with E-state index in [0.717, 1.165) is 0 Å². The van der Waals surface area contributed by atoms with Gasteiger partial charge in [0.25, 0.3) is 0 Å². The highest BCUT2D eigenvalue weighted by Gasteiger charge is 1.80. The fraction of sp³-hybridized carbons (Fsp3) is 0. The van der Waals surface area contributed by atoms with Gasteiger partial charge >= 0.3 is 0 Å². The Balaban J connectivity index is 3.13. The van der Waals surface area contributed by atoms with Gasteiger partial charge in [-0.25, -0.2) is 0 Å². The third kappa shape index (κ3) is 1.08. The Bertz CT molecular complexity index is 169. The minimum Gasteiger partial charge on any atom is -0.759 e. The molecule has 0 aliphatic rings. The molecule has 1 heterocycles. The fourth-order valence-electron chi connectivity index (χ4n) is 0.371. The molecule has 8 heavy (non-hydrogen) atoms. The van der Waals surface area contributed by atoms with Crippen LogP contribution in [0, 0.1) is 0 Å². The first kappa shape index (κ1) is 5.79. The van der Waals surface area contributed by atoms with Gasteiger partial charge in [0.05, 0.1) is 0 Å². The van der Waals surface area contributed by atoms with Crippen molar-refractivity contribution in [3.8, 4) is 0 Å². The molecule has 3 heteroatoms. The molecule has 0 amide bonds. The van der Waals surface area contributed by atoms with Crippen LogP contribution in [0.5, 0.6) is 0 Å². The van der Waals surface area contributed by atoms with Crippen LogP contribution in [0.2, 0.25) is 5.02 Å². The zero-order chi connectivity index (χ0) is 5.98. The van der Waals surface area contributed by atoms with Gasteiger partial charge in [0.15, 0.2) is 0 Å². The van der Waals surface area contributed by atoms with Crippen molar-refractivity contribution in [1.29, 1.82) is 0 Å². The number of aromatic nitrogens is 1. The zero-order valence-electron chi connectivity index (χ0n) is 3.97. The lowest BCUT2D eigenvalue weighted by Crippen LogP contribution is -1.76. The van der Waals surface area contributed by atoms with E-state index in [4.69, 9.17) is 24.2 Å². The van der Waals surface area contributed by atoms with Crippen molar-refractivity contribution in [2.45, 2.75) is 5.03 Å². The van der Waals surface area contributed by atoms with Crippen LogP contribution in [0.4, 0.5) is 0 Å². The van der Waals surface area contributed by atoms with E-state index in [1.807, 2.05) is 0 Å². The molecular weight excluding hydrogens is 142 g/mol. The summed E-state index contributed by atoms with van der Waals surface area (Å²) < 4.78 is 0. The van der Waals surface area contributed by atoms with Crippen molar-refractivity contribution in [2.75, 3.05) is 0 Å². The van der Waals surface area contributed by atoms with Crippen molar-refractivity contribution >= 4 is 24.2 Å². The van der Waals surface area contributed by atoms with Crippen LogP contribution >= 0.6 is 11.6 Å². The molecule has 0 unspecified atom stereocenters. The van der Waals surface area contributed by atoms with E-state index in [1.54, 1.807) is 18.3 Å². The third-order valence-corrected chi connectivity index (χ3v) is 1.47. The minimum atomic E-state index is 0.467. The topological polar surface area (TPSA) is 12.9 Å². The quantitative estimate of drug-likeness (QED) is 0.514. The Hall–Kier alpha value is -0.340. The predicted octanol–water partition coefficient (Wildman–Crippen LogP) is 1.64. The summed E-state index contributed by atoms with van der Waals surface area (Å²) in [5.74, 6) is 0. The average Bonchev–Trinajstić information content (AvgIpc) is 1.77. The molecule has 1 aromatic heterocycles. The molecule has 0 aromatic carbocycles. The predicted molar refractivity (Wildman–Crippen MR) is 34.9 cm³/mol. The summed E-state index contributed by atoms with van der Waals surface area (Å²) in [6.07, 6.45) is 1.62. The van der Waals surface area contributed by atoms with Crippen LogP contribution in [-0.4, -0.2) is 4.98 Å². The van der Waals surface area contributed by atoms with Gasteiger partial charge < -0.3 is 12.6 Å². The number of pyridine rings is 1. The fourth-order valence-corrected chi connectivity index (χ4v) is 0.622. The molecule has 0 spiro atoms. The van der Waals surface area contributed by atoms with E-state index in [9.17, 15) is 0 Å². The Morgan fingerprint density at radius 2 is 2.38 bits per heavy atom. The zero-order valence-corrected chi connectivity index (χ0v) is 5.54. The van der Waals surface area contributed by atoms with Crippen LogP contribution in [0.15, 0.2) is 23.4 Å². The molecule has 0 atom stereocenters. The van der Waals surface area contributed by atoms with Crippen LogP contribution in [0.3, 0.4) is 0 Å². The number of hydrogen-bond donors (Lipinski definition) is 0. The van der Waals surface area contributed by atoms with E-state index >= 15 is 0 Å². The molecule has 0 saturated heterocycles. The molecule has 0 radical (unpaired) electrons. The van der Waals surface area contributed by atoms with Gasteiger partial charge in [-0.2, -0.15) is 0 Å². The molecule has 1 rings (SSSR count). The molecule has 0 saturated carbocycles. The van der Waals surface area contributed by atoms with Gasteiger partial charge in [-0.15, -0.1) is 0 Å². The maximum atomic E-state index is 5.54. The van der Waals surface area contributed by atoms with E-state index < -0.39 is 0 Å². The lowest BCUT2D eigenvalue weighted by Gasteiger charge is -2.02. The van der Waals surface area contributed by atoms with Gasteiger partial charge in [0, 0.05) is 11.2 Å². The second-order valence-corrected chi connectivity index (χ2v) is 2.08. The number of hydrogen-bond acceptors (Lipinski definition) is 2. The highest BCUT2D eigenvalue weighted by atomic mass is 35.5. The first-order valence-electron chi connectivity index (χ1n) is 2.08. The highest BCUT2D eigenvalue weighted by molar-refractivity contribution is 7.58. The molecule has 1 nitrogen and oxygen atoms in total. The minimum absolute atomic E-state index is 0.467. The number of nitrogens with zero attached hydrogens (tertiary/aromatic N) is 1. The molecule has 0 bridgehead atoms. The van der Waals surface area contributed by atoms with Crippen molar-refractivity contribution in [2.24, 2.45) is 0 Å². The maximum Gasteiger partial charge on any atom is 0.0394 e. The van der Waals surface area contributed by atoms with Crippen LogP contribution < -0.4 is 0 Å². The van der Waals surface area contributed by atoms with Crippen LogP contribution in [0.1, 0.15) is 0 Å². The second-order valence-electron chi connectivity index (χ2n) is 1.29. The van der Waals surface area contributed by atoms with E-state index in [2.05, 4.69) is 4.98 Å². The average molecular weight is 145 g/mol. The Morgan fingerprint density at radius 1 is 1.62 bits per heavy atom. The van der Waals surface area contributed by atoms with Gasteiger partial charge in [-0.05, 0) is 12.1 Å². The van der Waals surface area contributed by atoms with Crippen molar-refractivity contribution in [3.05, 3.63) is 23.4 Å². The van der Waals surface area contributed by atoms with E-state index in [1.165, 1.54) is 0 Å². The summed E-state index contributed by atoms with van der Waals surface area (Å²) in [4.78, 5) is 3.76. The molecule has 0 fully saturated rings. The summed E-state index contributed by atoms with van der Waals surface area (Å²) in [7, 11) is 0. The number of halogens is 1. The summed E-state index contributed by atoms with van der Waals surface area (Å²) in [5.41, 5.74) is 0. The molecule has 1 aromatic rings. The monoisotopic (exact) mass is 144 g/mol. The van der Waals surface area contributed by atoms with Crippen molar-refractivity contribution < 1.29 is 0 Å². The van der Waals surface area contributed by atoms with Crippen LogP contribution in [0.25, 0.3) is 0 Å². The van der Waals surface area contributed by atoms with Crippen molar-refractivity contribution in [3.63, 3.8) is 0 Å². The lowest BCUT2D eigenvalue weighted by atomic mass is 10.5. The van der Waals surface area contributed by atoms with Crippen molar-refractivity contribution in [1.82, 2.24) is 4.98 Å². The standard InChI is InChI=1S/C5H4ClNS/c6-4-2-1-3-7-5(4)8/h1-3H,(H,7,8)/p-1. The second kappa shape index (κ2) is 2.29. The molecule has 0 aliphatic carbocycles. The smallest absolute Gasteiger partial charge is 0.0394 e. The van der Waals surface area contributed by atoms with E-state index in [-0.39, 0.29) is 0 Å². The summed E-state index contributed by atoms with van der Waals surface area (Å²) in [5, 5.41) is 1.01. The lowest BCUT2D eigenvalue weighted by molar-refractivity contribution is 1.14. The summed E-state index contributed by atoms with van der Waals surface area (Å²) in [6, 6.07) is 3.47. The summed E-state index contributed by atoms with van der Waals surface area (Å²) in [6.45, 7) is 0. The molecule has 0 aliphatic heterocycles. The maximum absolute atomic E-state index is 5.54. The normalized spacial score (nSPS) is 9.12. The van der Waals surface area contributed by atoms with Gasteiger partial charge in [0.1, 0.15) is 0 Å². The first-order chi connectivity index (χ1) is 3.80. The molecule has 0 N–H and O–H groups in total.